The minimum atomic E-state index is -0.522. The topological polar surface area (TPSA) is 93.9 Å². The Kier molecular flexibility index (Phi) is 6.86. The van der Waals surface area contributed by atoms with Crippen LogP contribution in [0.15, 0.2) is 82.0 Å². The predicted molar refractivity (Wildman–Crippen MR) is 143 cm³/mol. The molecule has 1 amide bonds. The molecule has 0 saturated carbocycles. The van der Waals surface area contributed by atoms with E-state index in [1.807, 2.05) is 48.7 Å². The number of guanidine groups is 1. The predicted octanol–water partition coefficient (Wildman–Crippen LogP) is 6.10. The van der Waals surface area contributed by atoms with Crippen molar-refractivity contribution in [2.75, 3.05) is 6.54 Å². The van der Waals surface area contributed by atoms with Crippen molar-refractivity contribution in [1.82, 2.24) is 15.6 Å². The standard InChI is InChI=1S/C28H24BrFN4O2/c29-20-14-17(26-18(15-20)11-13-36-26)8-9-22-23(5-3-6-24(22)30)27(35)34-28(31)32-12-10-19-16-33-25-7-2-1-4-21(19)25/h1-7,11,13-16,33H,8-10,12H2,(H3,31,32,34,35). The Balaban J connectivity index is 1.23. The lowest BCUT2D eigenvalue weighted by atomic mass is 9.98. The van der Waals surface area contributed by atoms with Crippen molar-refractivity contribution in [1.29, 1.82) is 5.41 Å². The molecule has 0 atom stereocenters. The van der Waals surface area contributed by atoms with Crippen LogP contribution in [0.4, 0.5) is 4.39 Å². The fraction of sp³-hybridized carbons (Fsp3) is 0.143. The third-order valence-corrected chi connectivity index (χ3v) is 6.67. The molecule has 2 heterocycles. The van der Waals surface area contributed by atoms with Crippen molar-refractivity contribution in [2.24, 2.45) is 0 Å². The van der Waals surface area contributed by atoms with Crippen molar-refractivity contribution < 1.29 is 13.6 Å². The molecule has 6 nitrogen and oxygen atoms in total. The fourth-order valence-electron chi connectivity index (χ4n) is 4.47. The van der Waals surface area contributed by atoms with Crippen LogP contribution in [0.2, 0.25) is 0 Å². The number of aromatic amines is 1. The molecule has 2 aromatic heterocycles. The Labute approximate surface area is 215 Å². The molecule has 0 aliphatic heterocycles. The van der Waals surface area contributed by atoms with E-state index in [-0.39, 0.29) is 11.5 Å². The van der Waals surface area contributed by atoms with Crippen LogP contribution in [0.25, 0.3) is 21.9 Å². The Morgan fingerprint density at radius 3 is 2.78 bits per heavy atom. The number of benzene rings is 3. The maximum atomic E-state index is 14.8. The summed E-state index contributed by atoms with van der Waals surface area (Å²) in [6, 6.07) is 18.2. The lowest BCUT2D eigenvalue weighted by Gasteiger charge is -2.13. The molecule has 5 aromatic rings. The van der Waals surface area contributed by atoms with Crippen LogP contribution < -0.4 is 10.6 Å². The van der Waals surface area contributed by atoms with Gasteiger partial charge in [0, 0.05) is 44.6 Å². The van der Waals surface area contributed by atoms with E-state index in [9.17, 15) is 9.18 Å². The van der Waals surface area contributed by atoms with E-state index < -0.39 is 11.7 Å². The van der Waals surface area contributed by atoms with Gasteiger partial charge in [0.15, 0.2) is 5.96 Å². The number of H-pyrrole nitrogens is 1. The van der Waals surface area contributed by atoms with Gasteiger partial charge in [-0.05, 0) is 66.8 Å². The van der Waals surface area contributed by atoms with Crippen molar-refractivity contribution in [3.63, 3.8) is 0 Å². The number of rotatable bonds is 7. The van der Waals surface area contributed by atoms with Crippen LogP contribution >= 0.6 is 15.9 Å². The second-order valence-electron chi connectivity index (χ2n) is 8.54. The molecule has 0 unspecified atom stereocenters. The van der Waals surface area contributed by atoms with Gasteiger partial charge in [-0.2, -0.15) is 0 Å². The Bertz CT molecular complexity index is 1570. The van der Waals surface area contributed by atoms with Crippen molar-refractivity contribution in [2.45, 2.75) is 19.3 Å². The number of carbonyl (C=O) groups excluding carboxylic acids is 1. The highest BCUT2D eigenvalue weighted by Crippen LogP contribution is 2.27. The number of aryl methyl sites for hydroxylation is 1. The Morgan fingerprint density at radius 1 is 1.03 bits per heavy atom. The van der Waals surface area contributed by atoms with E-state index in [0.717, 1.165) is 37.5 Å². The Hall–Kier alpha value is -3.91. The van der Waals surface area contributed by atoms with Crippen LogP contribution in [0.5, 0.6) is 0 Å². The summed E-state index contributed by atoms with van der Waals surface area (Å²) in [6.07, 6.45) is 5.06. The van der Waals surface area contributed by atoms with Gasteiger partial charge in [0.1, 0.15) is 11.4 Å². The average Bonchev–Trinajstić information content (AvgIpc) is 3.50. The van der Waals surface area contributed by atoms with Crippen molar-refractivity contribution in [3.8, 4) is 0 Å². The van der Waals surface area contributed by atoms with E-state index in [0.29, 0.717) is 31.4 Å². The van der Waals surface area contributed by atoms with Gasteiger partial charge in [-0.25, -0.2) is 4.39 Å². The van der Waals surface area contributed by atoms with Crippen LogP contribution in [0.3, 0.4) is 0 Å². The zero-order valence-corrected chi connectivity index (χ0v) is 20.9. The molecule has 36 heavy (non-hydrogen) atoms. The number of amides is 1. The van der Waals surface area contributed by atoms with Gasteiger partial charge in [-0.15, -0.1) is 0 Å². The number of hydrogen-bond donors (Lipinski definition) is 4. The van der Waals surface area contributed by atoms with Crippen molar-refractivity contribution in [3.05, 3.63) is 106 Å². The van der Waals surface area contributed by atoms with E-state index in [1.165, 1.54) is 12.1 Å². The first-order valence-corrected chi connectivity index (χ1v) is 12.4. The van der Waals surface area contributed by atoms with Gasteiger partial charge >= 0.3 is 0 Å². The first-order chi connectivity index (χ1) is 17.5. The molecule has 0 aliphatic rings. The number of aromatic nitrogens is 1. The zero-order valence-electron chi connectivity index (χ0n) is 19.3. The van der Waals surface area contributed by atoms with Crippen molar-refractivity contribution >= 4 is 49.7 Å². The maximum Gasteiger partial charge on any atom is 0.258 e. The van der Waals surface area contributed by atoms with Gasteiger partial charge in [0.05, 0.1) is 6.26 Å². The highest BCUT2D eigenvalue weighted by atomic mass is 79.9. The summed E-state index contributed by atoms with van der Waals surface area (Å²) in [4.78, 5) is 16.2. The lowest BCUT2D eigenvalue weighted by Crippen LogP contribution is -2.41. The Morgan fingerprint density at radius 2 is 1.89 bits per heavy atom. The molecule has 8 heteroatoms. The number of fused-ring (bicyclic) bond motifs is 2. The smallest absolute Gasteiger partial charge is 0.258 e. The van der Waals surface area contributed by atoms with E-state index in [4.69, 9.17) is 9.83 Å². The summed E-state index contributed by atoms with van der Waals surface area (Å²) in [5.74, 6) is -1.10. The molecule has 5 rings (SSSR count). The third kappa shape index (κ3) is 5.04. The zero-order chi connectivity index (χ0) is 25.1. The number of furan rings is 1. The molecular formula is C28H24BrFN4O2. The molecule has 0 bridgehead atoms. The average molecular weight is 547 g/mol. The molecule has 0 fully saturated rings. The van der Waals surface area contributed by atoms with E-state index in [2.05, 4.69) is 31.5 Å². The number of halogens is 2. The summed E-state index contributed by atoms with van der Waals surface area (Å²) in [5, 5.41) is 15.7. The largest absolute Gasteiger partial charge is 0.464 e. The maximum absolute atomic E-state index is 14.8. The van der Waals surface area contributed by atoms with Crippen LogP contribution in [-0.4, -0.2) is 23.4 Å². The highest BCUT2D eigenvalue weighted by Gasteiger charge is 2.17. The SMILES string of the molecule is N=C(NCCc1c[nH]c2ccccc12)NC(=O)c1cccc(F)c1CCc1cc(Br)cc2ccoc12. The van der Waals surface area contributed by atoms with Gasteiger partial charge in [-0.1, -0.05) is 40.2 Å². The molecule has 0 saturated heterocycles. The number of carbonyl (C=O) groups is 1. The number of hydrogen-bond acceptors (Lipinski definition) is 3. The van der Waals surface area contributed by atoms with Crippen LogP contribution in [0.1, 0.15) is 27.0 Å². The normalized spacial score (nSPS) is 11.2. The highest BCUT2D eigenvalue weighted by molar-refractivity contribution is 9.10. The second kappa shape index (κ2) is 10.4. The first-order valence-electron chi connectivity index (χ1n) is 11.6. The summed E-state index contributed by atoms with van der Waals surface area (Å²) in [5.41, 5.74) is 4.38. The fourth-order valence-corrected chi connectivity index (χ4v) is 5.00. The number of nitrogens with one attached hydrogen (secondary N) is 4. The van der Waals surface area contributed by atoms with E-state index in [1.54, 1.807) is 12.3 Å². The monoisotopic (exact) mass is 546 g/mol. The molecular weight excluding hydrogens is 523 g/mol. The third-order valence-electron chi connectivity index (χ3n) is 6.21. The first kappa shape index (κ1) is 23.8. The van der Waals surface area contributed by atoms with Gasteiger partial charge in [-0.3, -0.25) is 15.5 Å². The second-order valence-corrected chi connectivity index (χ2v) is 9.45. The molecule has 0 spiro atoms. The molecule has 4 N–H and O–H groups in total. The molecule has 3 aromatic carbocycles. The minimum Gasteiger partial charge on any atom is -0.464 e. The minimum absolute atomic E-state index is 0.126. The molecule has 182 valence electrons. The summed E-state index contributed by atoms with van der Waals surface area (Å²) < 4.78 is 21.3. The van der Waals surface area contributed by atoms with Crippen LogP contribution in [0, 0.1) is 11.2 Å². The van der Waals surface area contributed by atoms with E-state index >= 15 is 0 Å². The lowest BCUT2D eigenvalue weighted by molar-refractivity contribution is 0.0974. The van der Waals surface area contributed by atoms with Gasteiger partial charge in [0.2, 0.25) is 0 Å². The van der Waals surface area contributed by atoms with Crippen LogP contribution in [-0.2, 0) is 19.3 Å². The summed E-state index contributed by atoms with van der Waals surface area (Å²) in [7, 11) is 0. The molecule has 0 radical (unpaired) electrons. The quantitative estimate of drug-likeness (QED) is 0.147. The van der Waals surface area contributed by atoms with Gasteiger partial charge < -0.3 is 14.7 Å². The summed E-state index contributed by atoms with van der Waals surface area (Å²) in [6.45, 7) is 0.471. The molecule has 0 aliphatic carbocycles. The number of para-hydroxylation sites is 1. The summed E-state index contributed by atoms with van der Waals surface area (Å²) >= 11 is 3.51. The van der Waals surface area contributed by atoms with Gasteiger partial charge in [0.25, 0.3) is 5.91 Å².